The Morgan fingerprint density at radius 3 is 2.81 bits per heavy atom. The third kappa shape index (κ3) is 1.21. The highest BCUT2D eigenvalue weighted by atomic mass is 16.2. The number of benzene rings is 1. The van der Waals surface area contributed by atoms with Crippen LogP contribution in [0.3, 0.4) is 0 Å². The minimum atomic E-state index is -0.204. The van der Waals surface area contributed by atoms with Gasteiger partial charge in [0.05, 0.1) is 0 Å². The number of nitrogens with zero attached hydrogens (tertiary/aromatic N) is 1. The van der Waals surface area contributed by atoms with Gasteiger partial charge in [0.2, 0.25) is 5.91 Å². The molecule has 1 aromatic carbocycles. The first-order chi connectivity index (χ1) is 7.72. The molecule has 3 rings (SSSR count). The lowest BCUT2D eigenvalue weighted by Gasteiger charge is -2.32. The first-order valence-corrected chi connectivity index (χ1v) is 5.85. The molecule has 16 heavy (non-hydrogen) atoms. The molecular formula is C13H16N2O. The zero-order chi connectivity index (χ0) is 11.2. The van der Waals surface area contributed by atoms with Crippen molar-refractivity contribution < 1.29 is 4.79 Å². The van der Waals surface area contributed by atoms with E-state index in [0.717, 1.165) is 19.5 Å². The predicted octanol–water partition coefficient (Wildman–Crippen LogP) is 1.37. The van der Waals surface area contributed by atoms with Gasteiger partial charge in [-0.25, -0.2) is 0 Å². The summed E-state index contributed by atoms with van der Waals surface area (Å²) >= 11 is 0. The normalized spacial score (nSPS) is 28.6. The van der Waals surface area contributed by atoms with Crippen LogP contribution >= 0.6 is 0 Å². The summed E-state index contributed by atoms with van der Waals surface area (Å²) in [4.78, 5) is 13.8. The molecule has 0 spiro atoms. The SMILES string of the molecule is Cc1ccc([C@]23CCC(=O)N2CCN3)cc1. The minimum absolute atomic E-state index is 0.204. The van der Waals surface area contributed by atoms with Gasteiger partial charge in [0, 0.05) is 19.5 Å². The maximum absolute atomic E-state index is 11.8. The third-order valence-electron chi connectivity index (χ3n) is 3.74. The second-order valence-electron chi connectivity index (χ2n) is 4.70. The van der Waals surface area contributed by atoms with E-state index in [4.69, 9.17) is 0 Å². The molecule has 2 fully saturated rings. The van der Waals surface area contributed by atoms with E-state index < -0.39 is 0 Å². The first-order valence-electron chi connectivity index (χ1n) is 5.85. The fourth-order valence-corrected chi connectivity index (χ4v) is 2.88. The summed E-state index contributed by atoms with van der Waals surface area (Å²) in [6, 6.07) is 8.51. The molecule has 0 saturated carbocycles. The molecule has 2 saturated heterocycles. The van der Waals surface area contributed by atoms with Crippen molar-refractivity contribution in [1.29, 1.82) is 0 Å². The standard InChI is InChI=1S/C13H16N2O/c1-10-2-4-11(5-3-10)13-7-6-12(16)15(13)9-8-14-13/h2-5,14H,6-9H2,1H3/t13-/m0/s1. The molecule has 0 aliphatic carbocycles. The van der Waals surface area contributed by atoms with Crippen LogP contribution in [0.1, 0.15) is 24.0 Å². The van der Waals surface area contributed by atoms with E-state index in [9.17, 15) is 4.79 Å². The van der Waals surface area contributed by atoms with E-state index in [0.29, 0.717) is 6.42 Å². The highest BCUT2D eigenvalue weighted by Gasteiger charge is 2.49. The van der Waals surface area contributed by atoms with Gasteiger partial charge in [0.1, 0.15) is 5.66 Å². The van der Waals surface area contributed by atoms with Gasteiger partial charge in [-0.2, -0.15) is 0 Å². The number of nitrogens with one attached hydrogen (secondary N) is 1. The summed E-state index contributed by atoms with van der Waals surface area (Å²) in [6.07, 6.45) is 1.57. The van der Waals surface area contributed by atoms with E-state index >= 15 is 0 Å². The lowest BCUT2D eigenvalue weighted by Crippen LogP contribution is -2.45. The van der Waals surface area contributed by atoms with Crippen LogP contribution in [0.4, 0.5) is 0 Å². The Morgan fingerprint density at radius 1 is 1.31 bits per heavy atom. The van der Waals surface area contributed by atoms with Crippen molar-refractivity contribution >= 4 is 5.91 Å². The number of rotatable bonds is 1. The molecular weight excluding hydrogens is 200 g/mol. The number of carbonyl (C=O) groups is 1. The minimum Gasteiger partial charge on any atom is -0.319 e. The number of amides is 1. The largest absolute Gasteiger partial charge is 0.319 e. The predicted molar refractivity (Wildman–Crippen MR) is 61.8 cm³/mol. The Balaban J connectivity index is 2.04. The van der Waals surface area contributed by atoms with Gasteiger partial charge >= 0.3 is 0 Å². The van der Waals surface area contributed by atoms with E-state index in [1.54, 1.807) is 0 Å². The molecule has 0 bridgehead atoms. The topological polar surface area (TPSA) is 32.3 Å². The quantitative estimate of drug-likeness (QED) is 0.769. The fourth-order valence-electron chi connectivity index (χ4n) is 2.88. The zero-order valence-corrected chi connectivity index (χ0v) is 9.49. The molecule has 2 heterocycles. The van der Waals surface area contributed by atoms with E-state index in [1.165, 1.54) is 11.1 Å². The highest BCUT2D eigenvalue weighted by Crippen LogP contribution is 2.39. The van der Waals surface area contributed by atoms with Crippen molar-refractivity contribution in [3.8, 4) is 0 Å². The summed E-state index contributed by atoms with van der Waals surface area (Å²) in [5.41, 5.74) is 2.28. The van der Waals surface area contributed by atoms with Crippen LogP contribution in [0.15, 0.2) is 24.3 Å². The molecule has 2 aliphatic heterocycles. The van der Waals surface area contributed by atoms with Gasteiger partial charge in [-0.1, -0.05) is 29.8 Å². The number of aryl methyl sites for hydroxylation is 1. The van der Waals surface area contributed by atoms with Crippen LogP contribution in [-0.4, -0.2) is 23.9 Å². The van der Waals surface area contributed by atoms with Gasteiger partial charge in [-0.15, -0.1) is 0 Å². The van der Waals surface area contributed by atoms with Gasteiger partial charge < -0.3 is 4.90 Å². The maximum atomic E-state index is 11.8. The first kappa shape index (κ1) is 9.85. The summed E-state index contributed by atoms with van der Waals surface area (Å²) in [5, 5.41) is 3.50. The smallest absolute Gasteiger partial charge is 0.224 e. The van der Waals surface area contributed by atoms with Crippen LogP contribution in [0, 0.1) is 6.92 Å². The van der Waals surface area contributed by atoms with Crippen LogP contribution in [-0.2, 0) is 10.5 Å². The molecule has 1 amide bonds. The van der Waals surface area contributed by atoms with Crippen molar-refractivity contribution in [2.24, 2.45) is 0 Å². The molecule has 2 aliphatic rings. The Kier molecular flexibility index (Phi) is 2.04. The van der Waals surface area contributed by atoms with Crippen molar-refractivity contribution in [2.45, 2.75) is 25.4 Å². The maximum Gasteiger partial charge on any atom is 0.224 e. The Hall–Kier alpha value is -1.35. The molecule has 1 atom stereocenters. The molecule has 0 aromatic heterocycles. The molecule has 3 heteroatoms. The average Bonchev–Trinajstić information content (AvgIpc) is 2.82. The molecule has 1 N–H and O–H groups in total. The van der Waals surface area contributed by atoms with Gasteiger partial charge in [0.25, 0.3) is 0 Å². The molecule has 1 aromatic rings. The second-order valence-corrected chi connectivity index (χ2v) is 4.70. The average molecular weight is 216 g/mol. The van der Waals surface area contributed by atoms with E-state index in [2.05, 4.69) is 36.5 Å². The van der Waals surface area contributed by atoms with E-state index in [-0.39, 0.29) is 11.6 Å². The summed E-state index contributed by atoms with van der Waals surface area (Å²) in [5.74, 6) is 0.283. The van der Waals surface area contributed by atoms with Crippen LogP contribution in [0.5, 0.6) is 0 Å². The van der Waals surface area contributed by atoms with Crippen LogP contribution in [0.2, 0.25) is 0 Å². The second kappa shape index (κ2) is 3.32. The van der Waals surface area contributed by atoms with Gasteiger partial charge in [-0.3, -0.25) is 10.1 Å². The molecule has 84 valence electrons. The van der Waals surface area contributed by atoms with Crippen LogP contribution in [0.25, 0.3) is 0 Å². The summed E-state index contributed by atoms with van der Waals surface area (Å²) < 4.78 is 0. The Labute approximate surface area is 95.4 Å². The Bertz CT molecular complexity index is 426. The van der Waals surface area contributed by atoms with Crippen molar-refractivity contribution in [1.82, 2.24) is 10.2 Å². The lowest BCUT2D eigenvalue weighted by molar-refractivity contribution is -0.130. The fraction of sp³-hybridized carbons (Fsp3) is 0.462. The number of carbonyl (C=O) groups excluding carboxylic acids is 1. The monoisotopic (exact) mass is 216 g/mol. The zero-order valence-electron chi connectivity index (χ0n) is 9.49. The molecule has 0 unspecified atom stereocenters. The third-order valence-corrected chi connectivity index (χ3v) is 3.74. The summed E-state index contributed by atoms with van der Waals surface area (Å²) in [6.45, 7) is 3.83. The van der Waals surface area contributed by atoms with Crippen LogP contribution < -0.4 is 5.32 Å². The van der Waals surface area contributed by atoms with E-state index in [1.807, 2.05) is 4.90 Å². The number of hydrogen-bond donors (Lipinski definition) is 1. The van der Waals surface area contributed by atoms with Gasteiger partial charge in [-0.05, 0) is 18.9 Å². The van der Waals surface area contributed by atoms with Gasteiger partial charge in [0.15, 0.2) is 0 Å². The number of hydrogen-bond acceptors (Lipinski definition) is 2. The van der Waals surface area contributed by atoms with Crippen molar-refractivity contribution in [3.63, 3.8) is 0 Å². The Morgan fingerprint density at radius 2 is 2.06 bits per heavy atom. The lowest BCUT2D eigenvalue weighted by atomic mass is 9.96. The van der Waals surface area contributed by atoms with Crippen molar-refractivity contribution in [3.05, 3.63) is 35.4 Å². The number of fused-ring (bicyclic) bond motifs is 1. The molecule has 0 radical (unpaired) electrons. The molecule has 3 nitrogen and oxygen atoms in total. The van der Waals surface area contributed by atoms with Crippen molar-refractivity contribution in [2.75, 3.05) is 13.1 Å². The highest BCUT2D eigenvalue weighted by molar-refractivity contribution is 5.80. The summed E-state index contributed by atoms with van der Waals surface area (Å²) in [7, 11) is 0.